The number of hydrogen-bond acceptors (Lipinski definition) is 0. The molecule has 0 fully saturated rings. The third kappa shape index (κ3) is 25.3. The summed E-state index contributed by atoms with van der Waals surface area (Å²) in [5, 5.41) is 0. The number of rotatable bonds is 11. The molecule has 602 valence electrons. The summed E-state index contributed by atoms with van der Waals surface area (Å²) in [4.78, 5) is 0. The Kier molecular flexibility index (Phi) is 31.2. The van der Waals surface area contributed by atoms with Crippen LogP contribution in [0.1, 0.15) is 77.9 Å². The normalized spacial score (nSPS) is 10.4. The van der Waals surface area contributed by atoms with Gasteiger partial charge >= 0.3 is 0 Å². The molecule has 0 aliphatic heterocycles. The van der Waals surface area contributed by atoms with Gasteiger partial charge in [-0.05, 0) is 253 Å². The van der Waals surface area contributed by atoms with Gasteiger partial charge in [0, 0.05) is 0 Å². The Morgan fingerprint density at radius 3 is 0.475 bits per heavy atom. The van der Waals surface area contributed by atoms with Crippen LogP contribution in [-0.2, 0) is 0 Å². The van der Waals surface area contributed by atoms with Crippen LogP contribution in [-0.4, -0.2) is 0 Å². The molecule has 0 saturated carbocycles. The van der Waals surface area contributed by atoms with Crippen LogP contribution in [0.5, 0.6) is 0 Å². The van der Waals surface area contributed by atoms with Gasteiger partial charge in [-0.1, -0.05) is 481 Å². The fourth-order valence-electron chi connectivity index (χ4n) is 14.7. The van der Waals surface area contributed by atoms with Crippen molar-refractivity contribution in [1.29, 1.82) is 0 Å². The van der Waals surface area contributed by atoms with Crippen molar-refractivity contribution in [2.45, 2.75) is 96.9 Å². The Hall–Kier alpha value is -14.0. The van der Waals surface area contributed by atoms with Crippen molar-refractivity contribution in [3.05, 3.63) is 515 Å². The van der Waals surface area contributed by atoms with E-state index in [1.807, 2.05) is 0 Å². The molecule has 0 saturated heterocycles. The maximum absolute atomic E-state index is 2.26. The summed E-state index contributed by atoms with van der Waals surface area (Å²) in [6.07, 6.45) is 0. The van der Waals surface area contributed by atoms with Gasteiger partial charge in [0.15, 0.2) is 0 Å². The first kappa shape index (κ1) is 87.3. The fraction of sp³-hybridized carbons (Fsp3) is 0.115. The summed E-state index contributed by atoms with van der Waals surface area (Å²) < 4.78 is 0. The molecule has 18 rings (SSSR count). The van der Waals surface area contributed by atoms with Crippen molar-refractivity contribution in [2.75, 3.05) is 0 Å². The molecule has 0 spiro atoms. The molecule has 0 nitrogen and oxygen atoms in total. The van der Waals surface area contributed by atoms with E-state index in [1.165, 1.54) is 200 Å². The van der Waals surface area contributed by atoms with E-state index in [0.29, 0.717) is 0 Å². The van der Waals surface area contributed by atoms with E-state index in [4.69, 9.17) is 0 Å². The van der Waals surface area contributed by atoms with Crippen LogP contribution in [0.15, 0.2) is 437 Å². The predicted octanol–water partition coefficient (Wildman–Crippen LogP) is 34.5. The minimum atomic E-state index is 1.26. The summed E-state index contributed by atoms with van der Waals surface area (Å²) in [5.41, 5.74) is 46.6. The average molecular weight is 1580 g/mol. The average Bonchev–Trinajstić information content (AvgIpc) is 0.865. The minimum absolute atomic E-state index is 1.26. The van der Waals surface area contributed by atoms with Crippen molar-refractivity contribution in [3.63, 3.8) is 0 Å². The molecule has 0 aromatic heterocycles. The molecular weight excluding hydrogens is 1470 g/mol. The summed E-state index contributed by atoms with van der Waals surface area (Å²) in [6.45, 7) is 29.8. The van der Waals surface area contributed by atoms with Crippen molar-refractivity contribution in [1.82, 2.24) is 0 Å². The second kappa shape index (κ2) is 43.6. The summed E-state index contributed by atoms with van der Waals surface area (Å²) in [6, 6.07) is 156. The first-order valence-corrected chi connectivity index (χ1v) is 42.6. The van der Waals surface area contributed by atoms with E-state index in [2.05, 4.69) is 534 Å². The quantitative estimate of drug-likeness (QED) is 0.121. The SMILES string of the molecule is Cc1ccc(-c2ccc(-c3ccc(C)cc3)cc2)cc1.Cc1ccc(-c2ccc(-c3cccc(C)c3)cc2)cc1.Cc1ccc(-c2ccc(-c3ccccc3C)cc2)cc1.Cc1ccc(-c2cccc(-c3ccc(C)cc3)c2)cc1.Cc1ccc(-c2ccccc2C)cc1.Cc1cccc(-c2ccccc2C)c1.Cc1ccccc1-c1ccccc1C. The molecule has 0 bridgehead atoms. The molecule has 0 N–H and O–H groups in total. The first-order valence-electron chi connectivity index (χ1n) is 42.6. The van der Waals surface area contributed by atoms with E-state index in [1.54, 1.807) is 0 Å². The molecule has 18 aromatic carbocycles. The van der Waals surface area contributed by atoms with Crippen molar-refractivity contribution in [2.24, 2.45) is 0 Å². The Balaban J connectivity index is 0.000000131. The lowest BCUT2D eigenvalue weighted by atomic mass is 9.97. The third-order valence-corrected chi connectivity index (χ3v) is 22.2. The number of aryl methyl sites for hydroxylation is 14. The monoisotopic (exact) mass is 1580 g/mol. The highest BCUT2D eigenvalue weighted by atomic mass is 14.1. The first-order chi connectivity index (χ1) is 59.2. The summed E-state index contributed by atoms with van der Waals surface area (Å²) >= 11 is 0. The van der Waals surface area contributed by atoms with E-state index in [0.717, 1.165) is 0 Å². The second-order valence-electron chi connectivity index (χ2n) is 32.2. The van der Waals surface area contributed by atoms with E-state index >= 15 is 0 Å². The van der Waals surface area contributed by atoms with Crippen molar-refractivity contribution < 1.29 is 0 Å². The van der Waals surface area contributed by atoms with Crippen LogP contribution in [0, 0.1) is 96.9 Å². The zero-order chi connectivity index (χ0) is 85.7. The molecule has 0 heterocycles. The molecule has 0 aliphatic carbocycles. The standard InChI is InChI=1S/4C20H18.3C14H14/c1-15-3-7-17(8-4-15)19-11-13-20(14-12-19)18-9-5-16(2)6-10-18;1-15-6-10-17(11-7-15)19-4-3-5-20(14-19)18-12-8-16(2)9-13-18;1-15-6-8-17(9-7-15)18-10-12-19(13-11-18)20-5-3-4-16(2)14-20;1-15-7-9-17(10-8-15)18-11-13-19(14-12-18)20-6-4-3-5-16(20)2;1-11-7-3-5-9-13(11)14-10-6-4-8-12(14)2;1-11-6-5-8-13(10-11)14-9-4-3-7-12(14)2;1-11-7-9-13(10-8-11)14-6-4-3-5-12(14)2/h4*3-14H,1-2H3;3*3-10H,1-2H3. The maximum Gasteiger partial charge on any atom is -0.0152 e. The predicted molar refractivity (Wildman–Crippen MR) is 531 cm³/mol. The molecule has 0 amide bonds. The van der Waals surface area contributed by atoms with Crippen LogP contribution < -0.4 is 0 Å². The largest absolute Gasteiger partial charge is 0.0620 e. The van der Waals surface area contributed by atoms with Crippen LogP contribution in [0.4, 0.5) is 0 Å². The lowest BCUT2D eigenvalue weighted by Gasteiger charge is -2.08. The van der Waals surface area contributed by atoms with Gasteiger partial charge in [-0.3, -0.25) is 0 Å². The Labute approximate surface area is 729 Å². The lowest BCUT2D eigenvalue weighted by molar-refractivity contribution is 1.41. The fourth-order valence-corrected chi connectivity index (χ4v) is 14.7. The Bertz CT molecular complexity index is 6110. The smallest absolute Gasteiger partial charge is 0.0152 e. The van der Waals surface area contributed by atoms with Crippen molar-refractivity contribution in [3.8, 4) is 122 Å². The zero-order valence-electron chi connectivity index (χ0n) is 73.6. The highest BCUT2D eigenvalue weighted by molar-refractivity contribution is 5.78. The van der Waals surface area contributed by atoms with Gasteiger partial charge < -0.3 is 0 Å². The van der Waals surface area contributed by atoms with E-state index in [9.17, 15) is 0 Å². The van der Waals surface area contributed by atoms with Crippen LogP contribution in [0.2, 0.25) is 0 Å². The van der Waals surface area contributed by atoms with Gasteiger partial charge in [-0.25, -0.2) is 0 Å². The second-order valence-corrected chi connectivity index (χ2v) is 32.2. The third-order valence-electron chi connectivity index (χ3n) is 22.2. The molecule has 0 aliphatic rings. The molecule has 0 radical (unpaired) electrons. The summed E-state index contributed by atoms with van der Waals surface area (Å²) in [5.74, 6) is 0. The lowest BCUT2D eigenvalue weighted by Crippen LogP contribution is -1.85. The van der Waals surface area contributed by atoms with Crippen LogP contribution in [0.3, 0.4) is 0 Å². The highest BCUT2D eigenvalue weighted by Gasteiger charge is 2.09. The topological polar surface area (TPSA) is 0 Å². The van der Waals surface area contributed by atoms with Gasteiger partial charge in [-0.15, -0.1) is 0 Å². The van der Waals surface area contributed by atoms with Gasteiger partial charge in [-0.2, -0.15) is 0 Å². The van der Waals surface area contributed by atoms with Crippen LogP contribution >= 0.6 is 0 Å². The van der Waals surface area contributed by atoms with E-state index < -0.39 is 0 Å². The number of hydrogen-bond donors (Lipinski definition) is 0. The van der Waals surface area contributed by atoms with Gasteiger partial charge in [0.05, 0.1) is 0 Å². The summed E-state index contributed by atoms with van der Waals surface area (Å²) in [7, 11) is 0. The van der Waals surface area contributed by atoms with Gasteiger partial charge in [0.1, 0.15) is 0 Å². The maximum atomic E-state index is 2.26. The molecule has 18 aromatic rings. The molecular formula is C122H114. The van der Waals surface area contributed by atoms with Gasteiger partial charge in [0.25, 0.3) is 0 Å². The highest BCUT2D eigenvalue weighted by Crippen LogP contribution is 2.34. The number of benzene rings is 18. The van der Waals surface area contributed by atoms with Crippen molar-refractivity contribution >= 4 is 0 Å². The van der Waals surface area contributed by atoms with E-state index in [-0.39, 0.29) is 0 Å². The minimum Gasteiger partial charge on any atom is -0.0620 e. The zero-order valence-corrected chi connectivity index (χ0v) is 73.6. The Morgan fingerprint density at radius 1 is 0.0902 bits per heavy atom. The van der Waals surface area contributed by atoms with Gasteiger partial charge in [0.2, 0.25) is 0 Å². The molecule has 0 heteroatoms. The van der Waals surface area contributed by atoms with Crippen LogP contribution in [0.25, 0.3) is 122 Å². The molecule has 122 heavy (non-hydrogen) atoms. The molecule has 0 atom stereocenters. The Morgan fingerprint density at radius 2 is 0.246 bits per heavy atom. The molecule has 0 unspecified atom stereocenters.